The highest BCUT2D eigenvalue weighted by atomic mass is 32.2. The molecule has 0 spiro atoms. The molecule has 1 unspecified atom stereocenters. The van der Waals surface area contributed by atoms with E-state index in [1.165, 1.54) is 48.5 Å². The maximum atomic E-state index is 13.0. The molecule has 0 aromatic heterocycles. The summed E-state index contributed by atoms with van der Waals surface area (Å²) >= 11 is 0. The summed E-state index contributed by atoms with van der Waals surface area (Å²) in [4.78, 5) is 23.4. The third-order valence-corrected chi connectivity index (χ3v) is 4.59. The number of aliphatic carboxylic acids is 1. The number of hydrogen-bond acceptors (Lipinski definition) is 4. The summed E-state index contributed by atoms with van der Waals surface area (Å²) in [6.07, 6.45) is 0.624. The van der Waals surface area contributed by atoms with Crippen LogP contribution in [0.1, 0.15) is 28.4 Å². The Balaban J connectivity index is 2.28. The van der Waals surface area contributed by atoms with Crippen LogP contribution < -0.4 is 5.32 Å². The van der Waals surface area contributed by atoms with Crippen LogP contribution in [0.15, 0.2) is 53.4 Å². The summed E-state index contributed by atoms with van der Waals surface area (Å²) in [6.45, 7) is 0. The lowest BCUT2D eigenvalue weighted by Crippen LogP contribution is -2.30. The fourth-order valence-corrected chi connectivity index (χ4v) is 2.90. The molecule has 2 aromatic rings. The van der Waals surface area contributed by atoms with Crippen molar-refractivity contribution in [2.75, 3.05) is 6.26 Å². The number of carboxylic acids is 1. The van der Waals surface area contributed by atoms with Crippen molar-refractivity contribution in [1.29, 1.82) is 0 Å². The van der Waals surface area contributed by atoms with Crippen LogP contribution in [-0.2, 0) is 14.6 Å². The number of hydrogen-bond donors (Lipinski definition) is 2. The SMILES string of the molecule is CS(=O)(=O)c1cccc(C(=O)NC(CC(=O)O)c2ccc(F)cc2)c1. The minimum atomic E-state index is -3.48. The molecule has 2 N–H and O–H groups in total. The zero-order chi connectivity index (χ0) is 18.6. The van der Waals surface area contributed by atoms with Crippen LogP contribution in [0.4, 0.5) is 4.39 Å². The maximum Gasteiger partial charge on any atom is 0.305 e. The first-order valence-electron chi connectivity index (χ1n) is 7.25. The van der Waals surface area contributed by atoms with Gasteiger partial charge in [-0.2, -0.15) is 0 Å². The van der Waals surface area contributed by atoms with Gasteiger partial charge in [0, 0.05) is 11.8 Å². The highest BCUT2D eigenvalue weighted by Crippen LogP contribution is 2.19. The van der Waals surface area contributed by atoms with Crippen molar-refractivity contribution in [2.24, 2.45) is 0 Å². The fraction of sp³-hybridized carbons (Fsp3) is 0.176. The smallest absolute Gasteiger partial charge is 0.305 e. The average molecular weight is 365 g/mol. The molecule has 132 valence electrons. The molecule has 0 saturated carbocycles. The molecule has 0 aliphatic carbocycles. The lowest BCUT2D eigenvalue weighted by atomic mass is 10.0. The number of carbonyl (C=O) groups is 2. The highest BCUT2D eigenvalue weighted by molar-refractivity contribution is 7.90. The minimum Gasteiger partial charge on any atom is -0.481 e. The maximum absolute atomic E-state index is 13.0. The average Bonchev–Trinajstić information content (AvgIpc) is 2.54. The van der Waals surface area contributed by atoms with E-state index in [-0.39, 0.29) is 10.5 Å². The molecule has 1 amide bonds. The van der Waals surface area contributed by atoms with E-state index in [1.807, 2.05) is 0 Å². The first-order chi connectivity index (χ1) is 11.7. The Morgan fingerprint density at radius 2 is 1.80 bits per heavy atom. The Morgan fingerprint density at radius 3 is 2.36 bits per heavy atom. The van der Waals surface area contributed by atoms with Crippen LogP contribution in [0.5, 0.6) is 0 Å². The molecule has 8 heteroatoms. The lowest BCUT2D eigenvalue weighted by molar-refractivity contribution is -0.137. The van der Waals surface area contributed by atoms with Gasteiger partial charge in [-0.25, -0.2) is 12.8 Å². The van der Waals surface area contributed by atoms with Crippen LogP contribution >= 0.6 is 0 Å². The highest BCUT2D eigenvalue weighted by Gasteiger charge is 2.20. The standard InChI is InChI=1S/C17H16FNO5S/c1-25(23,24)14-4-2-3-12(9-14)17(22)19-15(10-16(20)21)11-5-7-13(18)8-6-11/h2-9,15H,10H2,1H3,(H,19,22)(H,20,21). The molecule has 6 nitrogen and oxygen atoms in total. The van der Waals surface area contributed by atoms with E-state index in [2.05, 4.69) is 5.32 Å². The number of amides is 1. The van der Waals surface area contributed by atoms with Gasteiger partial charge in [-0.15, -0.1) is 0 Å². The predicted molar refractivity (Wildman–Crippen MR) is 88.4 cm³/mol. The number of benzene rings is 2. The van der Waals surface area contributed by atoms with Crippen molar-refractivity contribution >= 4 is 21.7 Å². The monoisotopic (exact) mass is 365 g/mol. The second kappa shape index (κ2) is 7.43. The third-order valence-electron chi connectivity index (χ3n) is 3.48. The quantitative estimate of drug-likeness (QED) is 0.817. The molecule has 0 aliphatic heterocycles. The summed E-state index contributed by atoms with van der Waals surface area (Å²) in [7, 11) is -3.48. The molecular formula is C17H16FNO5S. The Kier molecular flexibility index (Phi) is 5.53. The first-order valence-corrected chi connectivity index (χ1v) is 9.14. The molecule has 0 aliphatic rings. The predicted octanol–water partition coefficient (Wildman–Crippen LogP) is 2.17. The van der Waals surface area contributed by atoms with Crippen molar-refractivity contribution < 1.29 is 27.5 Å². The number of sulfone groups is 1. The normalized spacial score (nSPS) is 12.4. The molecule has 2 aromatic carbocycles. The van der Waals surface area contributed by atoms with E-state index in [0.29, 0.717) is 5.56 Å². The number of halogens is 1. The van der Waals surface area contributed by atoms with Gasteiger partial charge in [-0.3, -0.25) is 9.59 Å². The molecule has 2 rings (SSSR count). The summed E-state index contributed by atoms with van der Waals surface area (Å²) < 4.78 is 36.2. The van der Waals surface area contributed by atoms with Gasteiger partial charge in [0.25, 0.3) is 5.91 Å². The Hall–Kier alpha value is -2.74. The Bertz CT molecular complexity index is 894. The van der Waals surface area contributed by atoms with Crippen LogP contribution in [0.2, 0.25) is 0 Å². The summed E-state index contributed by atoms with van der Waals surface area (Å²) in [6, 6.07) is 9.65. The van der Waals surface area contributed by atoms with Crippen LogP contribution in [-0.4, -0.2) is 31.7 Å². The molecule has 25 heavy (non-hydrogen) atoms. The molecule has 0 heterocycles. The van der Waals surface area contributed by atoms with Gasteiger partial charge < -0.3 is 10.4 Å². The molecule has 1 atom stereocenters. The van der Waals surface area contributed by atoms with E-state index in [9.17, 15) is 22.4 Å². The second-order valence-electron chi connectivity index (χ2n) is 5.48. The fourth-order valence-electron chi connectivity index (χ4n) is 2.23. The van der Waals surface area contributed by atoms with E-state index in [0.717, 1.165) is 6.26 Å². The minimum absolute atomic E-state index is 0.0169. The van der Waals surface area contributed by atoms with Crippen LogP contribution in [0.25, 0.3) is 0 Å². The van der Waals surface area contributed by atoms with E-state index >= 15 is 0 Å². The van der Waals surface area contributed by atoms with Gasteiger partial charge in [0.1, 0.15) is 5.82 Å². The van der Waals surface area contributed by atoms with Crippen molar-refractivity contribution in [3.8, 4) is 0 Å². The van der Waals surface area contributed by atoms with Crippen molar-refractivity contribution in [3.63, 3.8) is 0 Å². The molecule has 0 saturated heterocycles. The van der Waals surface area contributed by atoms with Crippen LogP contribution in [0.3, 0.4) is 0 Å². The molecular weight excluding hydrogens is 349 g/mol. The number of rotatable bonds is 6. The Labute approximate surface area is 144 Å². The van der Waals surface area contributed by atoms with Gasteiger partial charge in [0.05, 0.1) is 17.4 Å². The molecule has 0 bridgehead atoms. The Morgan fingerprint density at radius 1 is 1.16 bits per heavy atom. The van der Waals surface area contributed by atoms with Gasteiger partial charge >= 0.3 is 5.97 Å². The molecule has 0 radical (unpaired) electrons. The second-order valence-corrected chi connectivity index (χ2v) is 7.49. The van der Waals surface area contributed by atoms with Crippen molar-refractivity contribution in [2.45, 2.75) is 17.4 Å². The summed E-state index contributed by atoms with van der Waals surface area (Å²) in [5, 5.41) is 11.6. The largest absolute Gasteiger partial charge is 0.481 e. The van der Waals surface area contributed by atoms with Crippen molar-refractivity contribution in [1.82, 2.24) is 5.32 Å². The molecule has 0 fully saturated rings. The summed E-state index contributed by atoms with van der Waals surface area (Å²) in [5.41, 5.74) is 0.511. The summed E-state index contributed by atoms with van der Waals surface area (Å²) in [5.74, 6) is -2.24. The topological polar surface area (TPSA) is 101 Å². The van der Waals surface area contributed by atoms with Crippen LogP contribution in [0, 0.1) is 5.82 Å². The number of carbonyl (C=O) groups excluding carboxylic acids is 1. The van der Waals surface area contributed by atoms with Gasteiger partial charge in [0.2, 0.25) is 0 Å². The zero-order valence-electron chi connectivity index (χ0n) is 13.3. The van der Waals surface area contributed by atoms with E-state index < -0.39 is 40.0 Å². The zero-order valence-corrected chi connectivity index (χ0v) is 14.1. The van der Waals surface area contributed by atoms with Gasteiger partial charge in [-0.05, 0) is 35.9 Å². The lowest BCUT2D eigenvalue weighted by Gasteiger charge is -2.17. The first kappa shape index (κ1) is 18.6. The van der Waals surface area contributed by atoms with E-state index in [4.69, 9.17) is 5.11 Å². The van der Waals surface area contributed by atoms with Crippen molar-refractivity contribution in [3.05, 3.63) is 65.5 Å². The third kappa shape index (κ3) is 5.12. The number of carboxylic acid groups (broad SMARTS) is 1. The van der Waals surface area contributed by atoms with Gasteiger partial charge in [-0.1, -0.05) is 18.2 Å². The number of nitrogens with one attached hydrogen (secondary N) is 1. The van der Waals surface area contributed by atoms with Gasteiger partial charge in [0.15, 0.2) is 9.84 Å². The van der Waals surface area contributed by atoms with E-state index in [1.54, 1.807) is 0 Å².